The molecule has 24 heavy (non-hydrogen) atoms. The summed E-state index contributed by atoms with van der Waals surface area (Å²) in [6, 6.07) is 17.8. The largest absolute Gasteiger partial charge is 0.508 e. The summed E-state index contributed by atoms with van der Waals surface area (Å²) in [4.78, 5) is 4.76. The van der Waals surface area contributed by atoms with Crippen LogP contribution >= 0.6 is 0 Å². The number of benzene rings is 2. The van der Waals surface area contributed by atoms with Gasteiger partial charge >= 0.3 is 0 Å². The zero-order chi connectivity index (χ0) is 17.1. The van der Waals surface area contributed by atoms with E-state index in [0.29, 0.717) is 17.8 Å². The lowest BCUT2D eigenvalue weighted by atomic mass is 10.0. The van der Waals surface area contributed by atoms with Crippen LogP contribution in [0.15, 0.2) is 48.5 Å². The molecule has 1 saturated carbocycles. The summed E-state index contributed by atoms with van der Waals surface area (Å²) in [6.07, 6.45) is 2.57. The molecule has 2 aromatic rings. The Morgan fingerprint density at radius 2 is 1.67 bits per heavy atom. The minimum absolute atomic E-state index is 0.352. The van der Waals surface area contributed by atoms with Gasteiger partial charge in [-0.05, 0) is 62.7 Å². The van der Waals surface area contributed by atoms with Gasteiger partial charge in [0.15, 0.2) is 0 Å². The van der Waals surface area contributed by atoms with Gasteiger partial charge in [0, 0.05) is 25.2 Å². The average Bonchev–Trinajstić information content (AvgIpc) is 3.39. The molecule has 0 aromatic heterocycles. The second-order valence-corrected chi connectivity index (χ2v) is 7.19. The summed E-state index contributed by atoms with van der Waals surface area (Å²) >= 11 is 0. The Labute approximate surface area is 145 Å². The summed E-state index contributed by atoms with van der Waals surface area (Å²) in [5.74, 6) is 0.352. The third kappa shape index (κ3) is 4.37. The van der Waals surface area contributed by atoms with Gasteiger partial charge in [0.2, 0.25) is 0 Å². The van der Waals surface area contributed by atoms with Gasteiger partial charge in [-0.3, -0.25) is 4.90 Å². The van der Waals surface area contributed by atoms with E-state index in [0.717, 1.165) is 13.1 Å². The minimum Gasteiger partial charge on any atom is -0.508 e. The van der Waals surface area contributed by atoms with Crippen LogP contribution in [-0.4, -0.2) is 35.0 Å². The molecule has 1 aliphatic carbocycles. The number of phenols is 1. The van der Waals surface area contributed by atoms with Crippen LogP contribution in [0, 0.1) is 0 Å². The third-order valence-corrected chi connectivity index (χ3v) is 4.98. The van der Waals surface area contributed by atoms with E-state index in [9.17, 15) is 5.11 Å². The molecule has 1 aliphatic rings. The number of aromatic hydroxyl groups is 1. The number of rotatable bonds is 7. The summed E-state index contributed by atoms with van der Waals surface area (Å²) in [6.45, 7) is 4.10. The average molecular weight is 324 g/mol. The highest BCUT2D eigenvalue weighted by Gasteiger charge is 2.29. The summed E-state index contributed by atoms with van der Waals surface area (Å²) in [7, 11) is 4.23. The molecule has 1 fully saturated rings. The minimum atomic E-state index is 0.352. The van der Waals surface area contributed by atoms with Crippen LogP contribution in [0.4, 0.5) is 0 Å². The predicted molar refractivity (Wildman–Crippen MR) is 98.9 cm³/mol. The van der Waals surface area contributed by atoms with Gasteiger partial charge in [-0.2, -0.15) is 0 Å². The number of nitrogens with zero attached hydrogens (tertiary/aromatic N) is 2. The molecule has 1 unspecified atom stereocenters. The highest BCUT2D eigenvalue weighted by molar-refractivity contribution is 5.28. The Morgan fingerprint density at radius 1 is 1.00 bits per heavy atom. The van der Waals surface area contributed by atoms with Crippen molar-refractivity contribution in [2.45, 2.75) is 44.9 Å². The van der Waals surface area contributed by atoms with Crippen molar-refractivity contribution < 1.29 is 5.11 Å². The van der Waals surface area contributed by atoms with E-state index in [4.69, 9.17) is 0 Å². The maximum Gasteiger partial charge on any atom is 0.115 e. The molecule has 1 atom stereocenters. The Kier molecular flexibility index (Phi) is 5.22. The van der Waals surface area contributed by atoms with Crippen molar-refractivity contribution in [3.63, 3.8) is 0 Å². The van der Waals surface area contributed by atoms with Crippen molar-refractivity contribution in [1.29, 1.82) is 0 Å². The van der Waals surface area contributed by atoms with Crippen LogP contribution in [0.3, 0.4) is 0 Å². The van der Waals surface area contributed by atoms with Crippen LogP contribution in [0.25, 0.3) is 0 Å². The SMILES string of the molecule is CC(c1ccc(CN(Cc2cccc(O)c2)C2CC2)cc1)N(C)C. The van der Waals surface area contributed by atoms with E-state index < -0.39 is 0 Å². The fraction of sp³-hybridized carbons (Fsp3) is 0.429. The molecule has 0 amide bonds. The highest BCUT2D eigenvalue weighted by atomic mass is 16.3. The van der Waals surface area contributed by atoms with E-state index in [2.05, 4.69) is 61.2 Å². The Morgan fingerprint density at radius 3 is 2.25 bits per heavy atom. The summed E-state index contributed by atoms with van der Waals surface area (Å²) < 4.78 is 0. The highest BCUT2D eigenvalue weighted by Crippen LogP contribution is 2.30. The maximum absolute atomic E-state index is 9.67. The van der Waals surface area contributed by atoms with Gasteiger partial charge in [-0.25, -0.2) is 0 Å². The Hall–Kier alpha value is -1.84. The third-order valence-electron chi connectivity index (χ3n) is 4.98. The first kappa shape index (κ1) is 17.0. The zero-order valence-electron chi connectivity index (χ0n) is 14.9. The van der Waals surface area contributed by atoms with Crippen molar-refractivity contribution in [1.82, 2.24) is 9.80 Å². The second kappa shape index (κ2) is 7.37. The van der Waals surface area contributed by atoms with Gasteiger partial charge in [0.1, 0.15) is 5.75 Å². The van der Waals surface area contributed by atoms with E-state index in [-0.39, 0.29) is 0 Å². The first-order valence-electron chi connectivity index (χ1n) is 8.80. The topological polar surface area (TPSA) is 26.7 Å². The van der Waals surface area contributed by atoms with Crippen LogP contribution in [0.1, 0.15) is 42.5 Å². The van der Waals surface area contributed by atoms with E-state index >= 15 is 0 Å². The van der Waals surface area contributed by atoms with Crippen LogP contribution in [-0.2, 0) is 13.1 Å². The lowest BCUT2D eigenvalue weighted by molar-refractivity contribution is 0.245. The van der Waals surface area contributed by atoms with E-state index in [1.807, 2.05) is 12.1 Å². The van der Waals surface area contributed by atoms with Gasteiger partial charge < -0.3 is 10.0 Å². The van der Waals surface area contributed by atoms with E-state index in [1.165, 1.54) is 29.5 Å². The normalized spacial score (nSPS) is 15.9. The number of hydrogen-bond donors (Lipinski definition) is 1. The first-order chi connectivity index (χ1) is 11.5. The monoisotopic (exact) mass is 324 g/mol. The molecule has 3 nitrogen and oxygen atoms in total. The lowest BCUT2D eigenvalue weighted by Crippen LogP contribution is -2.25. The molecule has 0 heterocycles. The molecule has 2 aromatic carbocycles. The molecule has 0 bridgehead atoms. The summed E-state index contributed by atoms with van der Waals surface area (Å²) in [5.41, 5.74) is 3.89. The smallest absolute Gasteiger partial charge is 0.115 e. The number of phenolic OH excluding ortho intramolecular Hbond substituents is 1. The van der Waals surface area contributed by atoms with Crippen molar-refractivity contribution in [3.8, 4) is 5.75 Å². The molecule has 3 heteroatoms. The van der Waals surface area contributed by atoms with Gasteiger partial charge in [-0.1, -0.05) is 36.4 Å². The molecule has 0 saturated heterocycles. The van der Waals surface area contributed by atoms with E-state index in [1.54, 1.807) is 6.07 Å². The molecule has 128 valence electrons. The molecule has 0 spiro atoms. The van der Waals surface area contributed by atoms with Crippen LogP contribution < -0.4 is 0 Å². The Bertz CT molecular complexity index is 662. The molecular formula is C21H28N2O. The molecular weight excluding hydrogens is 296 g/mol. The van der Waals surface area contributed by atoms with Crippen molar-refractivity contribution >= 4 is 0 Å². The van der Waals surface area contributed by atoms with Crippen molar-refractivity contribution in [2.75, 3.05) is 14.1 Å². The van der Waals surface area contributed by atoms with Crippen molar-refractivity contribution in [3.05, 3.63) is 65.2 Å². The quantitative estimate of drug-likeness (QED) is 0.827. The molecule has 1 N–H and O–H groups in total. The van der Waals surface area contributed by atoms with Crippen LogP contribution in [0.5, 0.6) is 5.75 Å². The molecule has 0 aliphatic heterocycles. The van der Waals surface area contributed by atoms with Gasteiger partial charge in [0.05, 0.1) is 0 Å². The number of hydrogen-bond acceptors (Lipinski definition) is 3. The standard InChI is InChI=1S/C21H28N2O/c1-16(22(2)3)19-9-7-17(8-10-19)14-23(20-11-12-20)15-18-5-4-6-21(24)13-18/h4-10,13,16,20,24H,11-12,14-15H2,1-3H3. The van der Waals surface area contributed by atoms with Gasteiger partial charge in [-0.15, -0.1) is 0 Å². The van der Waals surface area contributed by atoms with Crippen LogP contribution in [0.2, 0.25) is 0 Å². The lowest BCUT2D eigenvalue weighted by Gasteiger charge is -2.23. The fourth-order valence-electron chi connectivity index (χ4n) is 3.08. The molecule has 3 rings (SSSR count). The Balaban J connectivity index is 1.67. The first-order valence-corrected chi connectivity index (χ1v) is 8.80. The maximum atomic E-state index is 9.67. The summed E-state index contributed by atoms with van der Waals surface area (Å²) in [5, 5.41) is 9.67. The second-order valence-electron chi connectivity index (χ2n) is 7.19. The fourth-order valence-corrected chi connectivity index (χ4v) is 3.08. The zero-order valence-corrected chi connectivity index (χ0v) is 14.9. The molecule has 0 radical (unpaired) electrons. The van der Waals surface area contributed by atoms with Crippen molar-refractivity contribution in [2.24, 2.45) is 0 Å². The van der Waals surface area contributed by atoms with Gasteiger partial charge in [0.25, 0.3) is 0 Å². The predicted octanol–water partition coefficient (Wildman–Crippen LogP) is 4.18.